The molecular formula is C22H23N3O2S. The Hall–Kier alpha value is -2.60. The summed E-state index contributed by atoms with van der Waals surface area (Å²) in [5.74, 6) is 0.217. The zero-order valence-corrected chi connectivity index (χ0v) is 16.7. The highest BCUT2D eigenvalue weighted by Gasteiger charge is 2.28. The molecule has 0 atom stereocenters. The van der Waals surface area contributed by atoms with Crippen LogP contribution in [0.25, 0.3) is 10.9 Å². The molecule has 1 N–H and O–H groups in total. The average Bonchev–Trinajstić information content (AvgIpc) is 3.53. The molecule has 1 saturated carbocycles. The Bertz CT molecular complexity index is 1070. The number of nitrogens with zero attached hydrogens (tertiary/aromatic N) is 2. The van der Waals surface area contributed by atoms with Gasteiger partial charge in [0, 0.05) is 12.6 Å². The van der Waals surface area contributed by atoms with Crippen LogP contribution in [0.3, 0.4) is 0 Å². The normalized spacial score (nSPS) is 13.6. The maximum atomic E-state index is 12.8. The zero-order chi connectivity index (χ0) is 19.5. The van der Waals surface area contributed by atoms with Gasteiger partial charge in [0.15, 0.2) is 5.16 Å². The van der Waals surface area contributed by atoms with Crippen LogP contribution in [0, 0.1) is 6.92 Å². The predicted octanol–water partition coefficient (Wildman–Crippen LogP) is 3.49. The highest BCUT2D eigenvalue weighted by atomic mass is 32.2. The van der Waals surface area contributed by atoms with Crippen LogP contribution >= 0.6 is 11.8 Å². The summed E-state index contributed by atoms with van der Waals surface area (Å²) in [7, 11) is 0. The zero-order valence-electron chi connectivity index (χ0n) is 15.9. The van der Waals surface area contributed by atoms with E-state index in [0.717, 1.165) is 19.3 Å². The average molecular weight is 394 g/mol. The summed E-state index contributed by atoms with van der Waals surface area (Å²) in [5, 5.41) is 4.25. The van der Waals surface area contributed by atoms with Crippen molar-refractivity contribution in [3.8, 4) is 0 Å². The van der Waals surface area contributed by atoms with Crippen LogP contribution in [0.5, 0.6) is 0 Å². The minimum Gasteiger partial charge on any atom is -0.355 e. The Morgan fingerprint density at radius 3 is 2.71 bits per heavy atom. The van der Waals surface area contributed by atoms with E-state index in [1.807, 2.05) is 36.4 Å². The molecule has 6 heteroatoms. The van der Waals surface area contributed by atoms with Crippen LogP contribution in [0.2, 0.25) is 0 Å². The molecule has 0 unspecified atom stereocenters. The minimum absolute atomic E-state index is 0.00411. The summed E-state index contributed by atoms with van der Waals surface area (Å²) in [5.41, 5.74) is 3.16. The standard InChI is InChI=1S/C22H23N3O2S/c1-15-6-2-3-7-16(15)12-13-23-20(26)14-28-22-24-19-9-5-4-8-18(19)21(27)25(22)17-10-11-17/h2-9,17H,10-14H2,1H3,(H,23,26). The van der Waals surface area contributed by atoms with Crippen molar-refractivity contribution in [2.45, 2.75) is 37.4 Å². The fourth-order valence-electron chi connectivity index (χ4n) is 3.29. The van der Waals surface area contributed by atoms with Gasteiger partial charge in [0.1, 0.15) is 0 Å². The van der Waals surface area contributed by atoms with E-state index in [9.17, 15) is 9.59 Å². The largest absolute Gasteiger partial charge is 0.355 e. The summed E-state index contributed by atoms with van der Waals surface area (Å²) >= 11 is 1.34. The lowest BCUT2D eigenvalue weighted by molar-refractivity contribution is -0.118. The third-order valence-electron chi connectivity index (χ3n) is 5.00. The van der Waals surface area contributed by atoms with Gasteiger partial charge in [-0.05, 0) is 49.4 Å². The fourth-order valence-corrected chi connectivity index (χ4v) is 4.19. The highest BCUT2D eigenvalue weighted by Crippen LogP contribution is 2.36. The number of aryl methyl sites for hydroxylation is 1. The molecule has 4 rings (SSSR count). The Kier molecular flexibility index (Phi) is 5.48. The van der Waals surface area contributed by atoms with E-state index in [4.69, 9.17) is 0 Å². The van der Waals surface area contributed by atoms with Crippen molar-refractivity contribution < 1.29 is 4.79 Å². The quantitative estimate of drug-likeness (QED) is 0.493. The van der Waals surface area contributed by atoms with Crippen LogP contribution in [-0.2, 0) is 11.2 Å². The molecule has 5 nitrogen and oxygen atoms in total. The second kappa shape index (κ2) is 8.19. The molecular weight excluding hydrogens is 370 g/mol. The lowest BCUT2D eigenvalue weighted by Gasteiger charge is -2.12. The molecule has 0 radical (unpaired) electrons. The third kappa shape index (κ3) is 4.12. The van der Waals surface area contributed by atoms with Gasteiger partial charge < -0.3 is 5.32 Å². The van der Waals surface area contributed by atoms with Crippen molar-refractivity contribution in [3.05, 3.63) is 70.0 Å². The molecule has 1 aliphatic rings. The smallest absolute Gasteiger partial charge is 0.262 e. The number of carbonyl (C=O) groups excluding carboxylic acids is 1. The SMILES string of the molecule is Cc1ccccc1CCNC(=O)CSc1nc2ccccc2c(=O)n1C1CC1. The van der Waals surface area contributed by atoms with Crippen LogP contribution in [0.4, 0.5) is 0 Å². The topological polar surface area (TPSA) is 64.0 Å². The van der Waals surface area contributed by atoms with Gasteiger partial charge in [-0.1, -0.05) is 48.2 Å². The molecule has 1 aliphatic carbocycles. The second-order valence-corrected chi connectivity index (χ2v) is 8.08. The molecule has 2 aromatic carbocycles. The molecule has 28 heavy (non-hydrogen) atoms. The van der Waals surface area contributed by atoms with E-state index in [2.05, 4.69) is 29.4 Å². The predicted molar refractivity (Wildman–Crippen MR) is 113 cm³/mol. The first-order chi connectivity index (χ1) is 13.6. The van der Waals surface area contributed by atoms with Gasteiger partial charge in [0.25, 0.3) is 5.56 Å². The number of para-hydroxylation sites is 1. The number of aromatic nitrogens is 2. The number of hydrogen-bond acceptors (Lipinski definition) is 4. The minimum atomic E-state index is -0.0386. The molecule has 0 aliphatic heterocycles. The molecule has 0 bridgehead atoms. The van der Waals surface area contributed by atoms with E-state index >= 15 is 0 Å². The molecule has 1 aromatic heterocycles. The van der Waals surface area contributed by atoms with Gasteiger partial charge in [0.05, 0.1) is 16.7 Å². The van der Waals surface area contributed by atoms with Gasteiger partial charge in [-0.3, -0.25) is 14.2 Å². The van der Waals surface area contributed by atoms with Crippen molar-refractivity contribution in [1.82, 2.24) is 14.9 Å². The first-order valence-corrected chi connectivity index (χ1v) is 10.6. The number of amides is 1. The number of carbonyl (C=O) groups is 1. The Morgan fingerprint density at radius 1 is 1.18 bits per heavy atom. The number of hydrogen-bond donors (Lipinski definition) is 1. The first kappa shape index (κ1) is 18.7. The van der Waals surface area contributed by atoms with Gasteiger partial charge in [-0.15, -0.1) is 0 Å². The third-order valence-corrected chi connectivity index (χ3v) is 5.95. The van der Waals surface area contributed by atoms with Crippen LogP contribution in [0.1, 0.15) is 30.0 Å². The molecule has 0 spiro atoms. The Balaban J connectivity index is 1.41. The van der Waals surface area contributed by atoms with Gasteiger partial charge >= 0.3 is 0 Å². The summed E-state index contributed by atoms with van der Waals surface area (Å²) in [6.07, 6.45) is 2.80. The summed E-state index contributed by atoms with van der Waals surface area (Å²) in [6, 6.07) is 15.8. The number of nitrogens with one attached hydrogen (secondary N) is 1. The summed E-state index contributed by atoms with van der Waals surface area (Å²) < 4.78 is 1.77. The molecule has 1 amide bonds. The van der Waals surface area contributed by atoms with Crippen LogP contribution in [-0.4, -0.2) is 27.8 Å². The second-order valence-electron chi connectivity index (χ2n) is 7.13. The molecule has 0 saturated heterocycles. The van der Waals surface area contributed by atoms with Crippen molar-refractivity contribution in [3.63, 3.8) is 0 Å². The molecule has 3 aromatic rings. The fraction of sp³-hybridized carbons (Fsp3) is 0.318. The van der Waals surface area contributed by atoms with E-state index in [-0.39, 0.29) is 23.3 Å². The van der Waals surface area contributed by atoms with Crippen molar-refractivity contribution >= 4 is 28.6 Å². The highest BCUT2D eigenvalue weighted by molar-refractivity contribution is 7.99. The van der Waals surface area contributed by atoms with Crippen LogP contribution < -0.4 is 10.9 Å². The molecule has 1 fully saturated rings. The maximum Gasteiger partial charge on any atom is 0.262 e. The van der Waals surface area contributed by atoms with Crippen molar-refractivity contribution in [2.24, 2.45) is 0 Å². The van der Waals surface area contributed by atoms with Gasteiger partial charge in [-0.25, -0.2) is 4.98 Å². The Labute approximate surface area is 168 Å². The summed E-state index contributed by atoms with van der Waals surface area (Å²) in [6.45, 7) is 2.68. The van der Waals surface area contributed by atoms with E-state index in [1.54, 1.807) is 4.57 Å². The van der Waals surface area contributed by atoms with Crippen molar-refractivity contribution in [2.75, 3.05) is 12.3 Å². The number of rotatable bonds is 7. The maximum absolute atomic E-state index is 12.8. The van der Waals surface area contributed by atoms with Crippen molar-refractivity contribution in [1.29, 1.82) is 0 Å². The number of thioether (sulfide) groups is 1. The number of fused-ring (bicyclic) bond motifs is 1. The Morgan fingerprint density at radius 2 is 1.93 bits per heavy atom. The summed E-state index contributed by atoms with van der Waals surface area (Å²) in [4.78, 5) is 29.8. The van der Waals surface area contributed by atoms with E-state index in [0.29, 0.717) is 22.6 Å². The number of benzene rings is 2. The van der Waals surface area contributed by atoms with E-state index < -0.39 is 0 Å². The first-order valence-electron chi connectivity index (χ1n) is 9.59. The van der Waals surface area contributed by atoms with Gasteiger partial charge in [0.2, 0.25) is 5.91 Å². The van der Waals surface area contributed by atoms with Crippen LogP contribution in [0.15, 0.2) is 58.5 Å². The molecule has 1 heterocycles. The van der Waals surface area contributed by atoms with E-state index in [1.165, 1.54) is 22.9 Å². The van der Waals surface area contributed by atoms with Gasteiger partial charge in [-0.2, -0.15) is 0 Å². The molecule has 144 valence electrons. The lowest BCUT2D eigenvalue weighted by Crippen LogP contribution is -2.28. The lowest BCUT2D eigenvalue weighted by atomic mass is 10.1. The monoisotopic (exact) mass is 393 g/mol.